The Morgan fingerprint density at radius 1 is 1.23 bits per heavy atom. The molecule has 0 saturated carbocycles. The van der Waals surface area contributed by atoms with Gasteiger partial charge in [0.15, 0.2) is 5.58 Å². The predicted molar refractivity (Wildman–Crippen MR) is 54.2 cm³/mol. The number of nitrogens with zero attached hydrogens (tertiary/aromatic N) is 2. The fraction of sp³-hybridized carbons (Fsp3) is 0.143. The van der Waals surface area contributed by atoms with E-state index in [1.54, 1.807) is 12.4 Å². The van der Waals surface area contributed by atoms with E-state index in [2.05, 4.69) is 10.2 Å². The molecule has 0 aromatic carbocycles. The van der Waals surface area contributed by atoms with Crippen LogP contribution in [0.4, 0.5) is 0 Å². The number of nitrogens with two attached hydrogens (primary N) is 1. The van der Waals surface area contributed by atoms with Gasteiger partial charge < -0.3 is 10.2 Å². The maximum absolute atomic E-state index is 5.38. The van der Waals surface area contributed by atoms with Gasteiger partial charge in [0.05, 0.1) is 18.9 Å². The number of hydrogen-bond acceptors (Lipinski definition) is 4. The lowest BCUT2D eigenvalue weighted by Gasteiger charge is -1.83. The third kappa shape index (κ3) is 2.30. The fourth-order valence-electron chi connectivity index (χ4n) is 0.958. The van der Waals surface area contributed by atoms with Gasteiger partial charge in [-0.3, -0.25) is 0 Å². The first kappa shape index (κ1) is 12.2. The van der Waals surface area contributed by atoms with Gasteiger partial charge >= 0.3 is 0 Å². The quantitative estimate of drug-likeness (QED) is 0.794. The van der Waals surface area contributed by atoms with Crippen LogP contribution in [0.5, 0.6) is 0 Å². The summed E-state index contributed by atoms with van der Waals surface area (Å²) in [4.78, 5) is 0. The van der Waals surface area contributed by atoms with E-state index in [9.17, 15) is 0 Å². The highest BCUT2D eigenvalue weighted by molar-refractivity contribution is 5.85. The molecule has 72 valence electrons. The van der Waals surface area contributed by atoms with Gasteiger partial charge in [0, 0.05) is 5.39 Å². The van der Waals surface area contributed by atoms with E-state index in [0.717, 1.165) is 16.7 Å². The minimum Gasteiger partial charge on any atom is -0.458 e. The third-order valence-corrected chi connectivity index (χ3v) is 1.48. The first-order chi connectivity index (χ1) is 5.40. The van der Waals surface area contributed by atoms with E-state index in [0.29, 0.717) is 6.54 Å². The highest BCUT2D eigenvalue weighted by atomic mass is 35.5. The second-order valence-corrected chi connectivity index (χ2v) is 2.23. The molecule has 13 heavy (non-hydrogen) atoms. The number of hydrogen-bond donors (Lipinski definition) is 1. The molecule has 6 heteroatoms. The molecule has 0 spiro atoms. The molecule has 0 amide bonds. The molecule has 0 atom stereocenters. The molecule has 0 aliphatic carbocycles. The molecule has 0 bridgehead atoms. The minimum absolute atomic E-state index is 0. The van der Waals surface area contributed by atoms with E-state index in [4.69, 9.17) is 10.2 Å². The zero-order chi connectivity index (χ0) is 7.68. The summed E-state index contributed by atoms with van der Waals surface area (Å²) in [6, 6.07) is 1.87. The van der Waals surface area contributed by atoms with Gasteiger partial charge in [-0.1, -0.05) is 0 Å². The topological polar surface area (TPSA) is 64.9 Å². The zero-order valence-electron chi connectivity index (χ0n) is 6.64. The van der Waals surface area contributed by atoms with Crippen LogP contribution in [0.1, 0.15) is 5.76 Å². The van der Waals surface area contributed by atoms with Crippen LogP contribution in [-0.2, 0) is 6.54 Å². The molecule has 0 saturated heterocycles. The predicted octanol–water partition coefficient (Wildman–Crippen LogP) is 1.53. The molecule has 0 unspecified atom stereocenters. The summed E-state index contributed by atoms with van der Waals surface area (Å²) in [6.07, 6.45) is 3.23. The number of rotatable bonds is 1. The molecular formula is C7H9Cl2N3O. The highest BCUT2D eigenvalue weighted by Gasteiger charge is 2.00. The largest absolute Gasteiger partial charge is 0.458 e. The maximum atomic E-state index is 5.38. The first-order valence-electron chi connectivity index (χ1n) is 3.29. The van der Waals surface area contributed by atoms with E-state index < -0.39 is 0 Å². The number of aromatic nitrogens is 2. The van der Waals surface area contributed by atoms with Crippen LogP contribution in [0, 0.1) is 0 Å². The molecule has 0 radical (unpaired) electrons. The van der Waals surface area contributed by atoms with Crippen LogP contribution in [0.15, 0.2) is 22.9 Å². The molecule has 0 aliphatic heterocycles. The smallest absolute Gasteiger partial charge is 0.156 e. The van der Waals surface area contributed by atoms with Crippen molar-refractivity contribution in [3.8, 4) is 0 Å². The number of halogens is 2. The van der Waals surface area contributed by atoms with Gasteiger partial charge in [-0.25, -0.2) is 0 Å². The average molecular weight is 222 g/mol. The van der Waals surface area contributed by atoms with Crippen molar-refractivity contribution in [1.29, 1.82) is 0 Å². The van der Waals surface area contributed by atoms with Crippen molar-refractivity contribution < 1.29 is 4.42 Å². The second kappa shape index (κ2) is 5.01. The van der Waals surface area contributed by atoms with E-state index in [1.165, 1.54) is 0 Å². The Balaban J connectivity index is 0.000000720. The SMILES string of the molecule is Cl.Cl.NCc1cc2cnncc2o1. The number of fused-ring (bicyclic) bond motifs is 1. The Kier molecular flexibility index (Phi) is 4.69. The summed E-state index contributed by atoms with van der Waals surface area (Å²) >= 11 is 0. The summed E-state index contributed by atoms with van der Waals surface area (Å²) < 4.78 is 5.29. The molecular weight excluding hydrogens is 213 g/mol. The van der Waals surface area contributed by atoms with Crippen LogP contribution in [0.2, 0.25) is 0 Å². The molecule has 2 N–H and O–H groups in total. The Bertz CT molecular complexity index is 344. The molecule has 2 heterocycles. The van der Waals surface area contributed by atoms with Crippen molar-refractivity contribution in [1.82, 2.24) is 10.2 Å². The van der Waals surface area contributed by atoms with Crippen LogP contribution < -0.4 is 5.73 Å². The minimum atomic E-state index is 0. The highest BCUT2D eigenvalue weighted by Crippen LogP contribution is 2.15. The molecule has 2 aromatic rings. The molecule has 4 nitrogen and oxygen atoms in total. The monoisotopic (exact) mass is 221 g/mol. The van der Waals surface area contributed by atoms with Crippen LogP contribution in [0.3, 0.4) is 0 Å². The van der Waals surface area contributed by atoms with E-state index >= 15 is 0 Å². The fourth-order valence-corrected chi connectivity index (χ4v) is 0.958. The van der Waals surface area contributed by atoms with E-state index in [-0.39, 0.29) is 24.8 Å². The van der Waals surface area contributed by atoms with Gasteiger partial charge in [0.2, 0.25) is 0 Å². The first-order valence-corrected chi connectivity index (χ1v) is 3.29. The van der Waals surface area contributed by atoms with Gasteiger partial charge in [-0.15, -0.1) is 24.8 Å². The Hall–Kier alpha value is -0.840. The van der Waals surface area contributed by atoms with Crippen molar-refractivity contribution in [2.24, 2.45) is 5.73 Å². The second-order valence-electron chi connectivity index (χ2n) is 2.23. The zero-order valence-corrected chi connectivity index (χ0v) is 8.27. The summed E-state index contributed by atoms with van der Waals surface area (Å²) in [6.45, 7) is 0.411. The molecule has 2 rings (SSSR count). The Labute approximate surface area is 87.3 Å². The summed E-state index contributed by atoms with van der Waals surface area (Å²) in [5.41, 5.74) is 6.12. The van der Waals surface area contributed by atoms with E-state index in [1.807, 2.05) is 6.07 Å². The average Bonchev–Trinajstić information content (AvgIpc) is 2.46. The molecule has 0 aliphatic rings. The maximum Gasteiger partial charge on any atom is 0.156 e. The standard InChI is InChI=1S/C7H7N3O.2ClH/c8-2-6-1-5-3-9-10-4-7(5)11-6;;/h1,3-4H,2,8H2;2*1H. The van der Waals surface area contributed by atoms with Crippen molar-refractivity contribution in [3.63, 3.8) is 0 Å². The Morgan fingerprint density at radius 3 is 2.54 bits per heavy atom. The van der Waals surface area contributed by atoms with Gasteiger partial charge in [0.25, 0.3) is 0 Å². The Morgan fingerprint density at radius 2 is 1.92 bits per heavy atom. The molecule has 2 aromatic heterocycles. The normalized spacial score (nSPS) is 9.00. The van der Waals surface area contributed by atoms with Gasteiger partial charge in [-0.05, 0) is 6.07 Å². The summed E-state index contributed by atoms with van der Waals surface area (Å²) in [7, 11) is 0. The van der Waals surface area contributed by atoms with Crippen molar-refractivity contribution in [3.05, 3.63) is 24.2 Å². The lowest BCUT2D eigenvalue weighted by atomic mass is 10.3. The number of furan rings is 1. The molecule has 0 fully saturated rings. The summed E-state index contributed by atoms with van der Waals surface area (Å²) in [5, 5.41) is 8.33. The van der Waals surface area contributed by atoms with Crippen LogP contribution in [0.25, 0.3) is 11.0 Å². The van der Waals surface area contributed by atoms with Crippen LogP contribution >= 0.6 is 24.8 Å². The van der Waals surface area contributed by atoms with Crippen LogP contribution in [-0.4, -0.2) is 10.2 Å². The van der Waals surface area contributed by atoms with Gasteiger partial charge in [-0.2, -0.15) is 10.2 Å². The summed E-state index contributed by atoms with van der Waals surface area (Å²) in [5.74, 6) is 0.759. The van der Waals surface area contributed by atoms with Crippen molar-refractivity contribution in [2.75, 3.05) is 0 Å². The third-order valence-electron chi connectivity index (χ3n) is 1.48. The lowest BCUT2D eigenvalue weighted by Crippen LogP contribution is -1.92. The lowest BCUT2D eigenvalue weighted by molar-refractivity contribution is 0.550. The van der Waals surface area contributed by atoms with Gasteiger partial charge in [0.1, 0.15) is 5.76 Å². The van der Waals surface area contributed by atoms with Crippen molar-refractivity contribution >= 4 is 35.8 Å². The van der Waals surface area contributed by atoms with Crippen molar-refractivity contribution in [2.45, 2.75) is 6.54 Å².